The zero-order valence-corrected chi connectivity index (χ0v) is 11.8. The van der Waals surface area contributed by atoms with Crippen LogP contribution in [0.25, 0.3) is 0 Å². The smallest absolute Gasteiger partial charge is 0.0607 e. The lowest BCUT2D eigenvalue weighted by Crippen LogP contribution is -2.18. The van der Waals surface area contributed by atoms with Crippen molar-refractivity contribution in [3.8, 4) is 0 Å². The molecule has 2 heterocycles. The van der Waals surface area contributed by atoms with Gasteiger partial charge in [0.15, 0.2) is 0 Å². The molecule has 0 fully saturated rings. The summed E-state index contributed by atoms with van der Waals surface area (Å²) in [5.74, 6) is 0. The standard InChI is InChI=1S/C15H20N4/c1-10-7-8-13(11(2)17-10)18-14-5-4-6-15-12(14)9-16-19(15)3/h7-9,14,18H,4-6H2,1-3H3. The van der Waals surface area contributed by atoms with Gasteiger partial charge < -0.3 is 5.32 Å². The Morgan fingerprint density at radius 2 is 2.16 bits per heavy atom. The molecule has 1 unspecified atom stereocenters. The van der Waals surface area contributed by atoms with E-state index in [2.05, 4.69) is 34.5 Å². The highest BCUT2D eigenvalue weighted by atomic mass is 15.3. The number of hydrogen-bond acceptors (Lipinski definition) is 3. The van der Waals surface area contributed by atoms with Gasteiger partial charge in [-0.3, -0.25) is 9.67 Å². The molecule has 0 saturated carbocycles. The second-order valence-electron chi connectivity index (χ2n) is 5.34. The Labute approximate surface area is 113 Å². The van der Waals surface area contributed by atoms with Gasteiger partial charge in [-0.1, -0.05) is 0 Å². The van der Waals surface area contributed by atoms with Crippen LogP contribution in [0.5, 0.6) is 0 Å². The Morgan fingerprint density at radius 3 is 2.95 bits per heavy atom. The zero-order chi connectivity index (χ0) is 13.4. The fourth-order valence-electron chi connectivity index (χ4n) is 2.88. The number of aryl methyl sites for hydroxylation is 3. The van der Waals surface area contributed by atoms with E-state index in [4.69, 9.17) is 0 Å². The van der Waals surface area contributed by atoms with E-state index in [1.54, 1.807) is 0 Å². The number of rotatable bonds is 2. The fraction of sp³-hybridized carbons (Fsp3) is 0.467. The second kappa shape index (κ2) is 4.68. The van der Waals surface area contributed by atoms with Crippen LogP contribution in [0, 0.1) is 13.8 Å². The third-order valence-electron chi connectivity index (χ3n) is 3.93. The number of fused-ring (bicyclic) bond motifs is 1. The molecule has 0 amide bonds. The topological polar surface area (TPSA) is 42.7 Å². The quantitative estimate of drug-likeness (QED) is 0.898. The fourth-order valence-corrected chi connectivity index (χ4v) is 2.88. The molecule has 1 aliphatic carbocycles. The SMILES string of the molecule is Cc1ccc(NC2CCCc3c2cnn3C)c(C)n1. The molecule has 19 heavy (non-hydrogen) atoms. The van der Waals surface area contributed by atoms with Crippen molar-refractivity contribution in [3.05, 3.63) is 41.0 Å². The van der Waals surface area contributed by atoms with Crippen molar-refractivity contribution in [3.63, 3.8) is 0 Å². The average Bonchev–Trinajstić information content (AvgIpc) is 2.76. The molecule has 4 nitrogen and oxygen atoms in total. The summed E-state index contributed by atoms with van der Waals surface area (Å²) in [6, 6.07) is 4.55. The molecule has 3 rings (SSSR count). The number of aromatic nitrogens is 3. The van der Waals surface area contributed by atoms with E-state index in [0.717, 1.165) is 29.9 Å². The van der Waals surface area contributed by atoms with Crippen LogP contribution in [-0.4, -0.2) is 14.8 Å². The van der Waals surface area contributed by atoms with Crippen LogP contribution >= 0.6 is 0 Å². The monoisotopic (exact) mass is 256 g/mol. The summed E-state index contributed by atoms with van der Waals surface area (Å²) in [5.41, 5.74) is 5.97. The number of hydrogen-bond donors (Lipinski definition) is 1. The van der Waals surface area contributed by atoms with Crippen molar-refractivity contribution in [2.24, 2.45) is 7.05 Å². The zero-order valence-electron chi connectivity index (χ0n) is 11.8. The van der Waals surface area contributed by atoms with E-state index in [1.165, 1.54) is 17.7 Å². The van der Waals surface area contributed by atoms with Gasteiger partial charge in [0.1, 0.15) is 0 Å². The summed E-state index contributed by atoms with van der Waals surface area (Å²) in [4.78, 5) is 4.52. The van der Waals surface area contributed by atoms with Crippen LogP contribution in [0.15, 0.2) is 18.3 Å². The van der Waals surface area contributed by atoms with Gasteiger partial charge in [-0.15, -0.1) is 0 Å². The molecule has 0 spiro atoms. The Balaban J connectivity index is 1.88. The van der Waals surface area contributed by atoms with Crippen molar-refractivity contribution < 1.29 is 0 Å². The molecule has 2 aromatic heterocycles. The minimum Gasteiger partial charge on any atom is -0.377 e. The molecule has 0 bridgehead atoms. The van der Waals surface area contributed by atoms with Crippen LogP contribution in [0.2, 0.25) is 0 Å². The first-order valence-electron chi connectivity index (χ1n) is 6.86. The largest absolute Gasteiger partial charge is 0.377 e. The summed E-state index contributed by atoms with van der Waals surface area (Å²) in [6.45, 7) is 4.08. The predicted molar refractivity (Wildman–Crippen MR) is 76.2 cm³/mol. The van der Waals surface area contributed by atoms with Crippen LogP contribution in [0.1, 0.15) is 41.5 Å². The van der Waals surface area contributed by atoms with Gasteiger partial charge in [-0.05, 0) is 45.2 Å². The van der Waals surface area contributed by atoms with Gasteiger partial charge in [-0.25, -0.2) is 0 Å². The van der Waals surface area contributed by atoms with Gasteiger partial charge >= 0.3 is 0 Å². The predicted octanol–water partition coefficient (Wildman–Crippen LogP) is 2.92. The number of pyridine rings is 1. The molecule has 2 aromatic rings. The van der Waals surface area contributed by atoms with Crippen LogP contribution in [-0.2, 0) is 13.5 Å². The molecule has 1 N–H and O–H groups in total. The summed E-state index contributed by atoms with van der Waals surface area (Å²) in [6.07, 6.45) is 5.51. The van der Waals surface area contributed by atoms with Crippen LogP contribution in [0.4, 0.5) is 5.69 Å². The molecule has 0 saturated heterocycles. The normalized spacial score (nSPS) is 18.2. The molecule has 4 heteroatoms. The highest BCUT2D eigenvalue weighted by Gasteiger charge is 2.23. The van der Waals surface area contributed by atoms with E-state index in [-0.39, 0.29) is 0 Å². The Kier molecular flexibility index (Phi) is 3.01. The van der Waals surface area contributed by atoms with Gasteiger partial charge in [0.05, 0.1) is 23.6 Å². The molecule has 0 aliphatic heterocycles. The first-order valence-corrected chi connectivity index (χ1v) is 6.86. The summed E-state index contributed by atoms with van der Waals surface area (Å²) in [5, 5.41) is 8.02. The summed E-state index contributed by atoms with van der Waals surface area (Å²) in [7, 11) is 2.03. The molecule has 1 aliphatic rings. The third kappa shape index (κ3) is 2.23. The lowest BCUT2D eigenvalue weighted by molar-refractivity contribution is 0.571. The number of nitrogens with zero attached hydrogens (tertiary/aromatic N) is 3. The lowest BCUT2D eigenvalue weighted by atomic mass is 9.92. The second-order valence-corrected chi connectivity index (χ2v) is 5.34. The van der Waals surface area contributed by atoms with E-state index in [9.17, 15) is 0 Å². The first kappa shape index (κ1) is 12.2. The highest BCUT2D eigenvalue weighted by molar-refractivity contribution is 5.50. The van der Waals surface area contributed by atoms with Crippen molar-refractivity contribution in [1.29, 1.82) is 0 Å². The highest BCUT2D eigenvalue weighted by Crippen LogP contribution is 2.32. The number of anilines is 1. The molecular formula is C15H20N4. The van der Waals surface area contributed by atoms with E-state index >= 15 is 0 Å². The third-order valence-corrected chi connectivity index (χ3v) is 3.93. The van der Waals surface area contributed by atoms with E-state index < -0.39 is 0 Å². The van der Waals surface area contributed by atoms with Crippen LogP contribution in [0.3, 0.4) is 0 Å². The maximum atomic E-state index is 4.52. The number of nitrogens with one attached hydrogen (secondary N) is 1. The van der Waals surface area contributed by atoms with Crippen molar-refractivity contribution in [2.75, 3.05) is 5.32 Å². The molecule has 0 radical (unpaired) electrons. The molecule has 100 valence electrons. The van der Waals surface area contributed by atoms with E-state index in [1.807, 2.05) is 24.9 Å². The first-order chi connectivity index (χ1) is 9.15. The average molecular weight is 256 g/mol. The van der Waals surface area contributed by atoms with Crippen molar-refractivity contribution >= 4 is 5.69 Å². The van der Waals surface area contributed by atoms with Gasteiger partial charge in [0.25, 0.3) is 0 Å². The molecular weight excluding hydrogens is 236 g/mol. The van der Waals surface area contributed by atoms with Gasteiger partial charge in [-0.2, -0.15) is 5.10 Å². The van der Waals surface area contributed by atoms with E-state index in [0.29, 0.717) is 6.04 Å². The minimum atomic E-state index is 0.362. The maximum absolute atomic E-state index is 4.52. The molecule has 0 aromatic carbocycles. The summed E-state index contributed by atoms with van der Waals surface area (Å²) < 4.78 is 2.00. The Morgan fingerprint density at radius 1 is 1.32 bits per heavy atom. The lowest BCUT2D eigenvalue weighted by Gasteiger charge is -2.25. The van der Waals surface area contributed by atoms with Crippen molar-refractivity contribution in [2.45, 2.75) is 39.2 Å². The van der Waals surface area contributed by atoms with Gasteiger partial charge in [0, 0.05) is 24.0 Å². The van der Waals surface area contributed by atoms with Crippen molar-refractivity contribution in [1.82, 2.24) is 14.8 Å². The maximum Gasteiger partial charge on any atom is 0.0607 e. The Bertz CT molecular complexity index is 600. The van der Waals surface area contributed by atoms with Gasteiger partial charge in [0.2, 0.25) is 0 Å². The van der Waals surface area contributed by atoms with Crippen LogP contribution < -0.4 is 5.32 Å². The Hall–Kier alpha value is -1.84. The summed E-state index contributed by atoms with van der Waals surface area (Å²) >= 11 is 0. The minimum absolute atomic E-state index is 0.362. The molecule has 1 atom stereocenters.